The Morgan fingerprint density at radius 3 is 2.95 bits per heavy atom. The lowest BCUT2D eigenvalue weighted by atomic mass is 10.2. The SMILES string of the molecule is CC(C)CNCc1ccoc1Cn1ncc2ccccc21. The summed E-state index contributed by atoms with van der Waals surface area (Å²) in [5, 5.41) is 9.07. The van der Waals surface area contributed by atoms with Gasteiger partial charge in [0, 0.05) is 17.5 Å². The zero-order valence-electron chi connectivity index (χ0n) is 12.5. The van der Waals surface area contributed by atoms with Gasteiger partial charge in [0.05, 0.1) is 24.5 Å². The maximum atomic E-state index is 5.64. The average molecular weight is 283 g/mol. The van der Waals surface area contributed by atoms with Crippen molar-refractivity contribution < 1.29 is 4.42 Å². The van der Waals surface area contributed by atoms with Crippen molar-refractivity contribution in [1.82, 2.24) is 15.1 Å². The van der Waals surface area contributed by atoms with Crippen LogP contribution in [-0.2, 0) is 13.1 Å². The predicted octanol–water partition coefficient (Wildman–Crippen LogP) is 3.42. The standard InChI is InChI=1S/C17H21N3O/c1-13(2)9-18-10-15-7-8-21-17(15)12-20-16-6-4-3-5-14(16)11-19-20/h3-8,11,13,18H,9-10,12H2,1-2H3. The third-order valence-corrected chi connectivity index (χ3v) is 3.55. The van der Waals surface area contributed by atoms with Gasteiger partial charge >= 0.3 is 0 Å². The number of rotatable bonds is 6. The fourth-order valence-electron chi connectivity index (χ4n) is 2.45. The zero-order chi connectivity index (χ0) is 14.7. The van der Waals surface area contributed by atoms with Crippen LogP contribution >= 0.6 is 0 Å². The van der Waals surface area contributed by atoms with Gasteiger partial charge in [0.25, 0.3) is 0 Å². The monoisotopic (exact) mass is 283 g/mol. The van der Waals surface area contributed by atoms with Gasteiger partial charge < -0.3 is 9.73 Å². The summed E-state index contributed by atoms with van der Waals surface area (Å²) < 4.78 is 7.63. The summed E-state index contributed by atoms with van der Waals surface area (Å²) in [5.74, 6) is 1.62. The third kappa shape index (κ3) is 3.16. The number of hydrogen-bond donors (Lipinski definition) is 1. The molecule has 0 saturated heterocycles. The largest absolute Gasteiger partial charge is 0.467 e. The number of nitrogens with one attached hydrogen (secondary N) is 1. The number of benzene rings is 1. The minimum absolute atomic E-state index is 0.649. The Morgan fingerprint density at radius 1 is 1.24 bits per heavy atom. The third-order valence-electron chi connectivity index (χ3n) is 3.55. The Hall–Kier alpha value is -2.07. The zero-order valence-corrected chi connectivity index (χ0v) is 12.5. The van der Waals surface area contributed by atoms with Crippen LogP contribution in [0.25, 0.3) is 10.9 Å². The highest BCUT2D eigenvalue weighted by Gasteiger charge is 2.09. The molecule has 3 aromatic rings. The van der Waals surface area contributed by atoms with Crippen LogP contribution in [0.2, 0.25) is 0 Å². The Bertz CT molecular complexity index is 711. The summed E-state index contributed by atoms with van der Waals surface area (Å²) in [5.41, 5.74) is 2.34. The van der Waals surface area contributed by atoms with Crippen molar-refractivity contribution in [3.8, 4) is 0 Å². The van der Waals surface area contributed by atoms with Crippen LogP contribution in [-0.4, -0.2) is 16.3 Å². The summed E-state index contributed by atoms with van der Waals surface area (Å²) in [6, 6.07) is 10.3. The van der Waals surface area contributed by atoms with E-state index in [1.807, 2.05) is 29.1 Å². The van der Waals surface area contributed by atoms with Gasteiger partial charge in [0.15, 0.2) is 0 Å². The van der Waals surface area contributed by atoms with Crippen molar-refractivity contribution in [2.45, 2.75) is 26.9 Å². The molecule has 0 aliphatic rings. The first kappa shape index (κ1) is 13.9. The van der Waals surface area contributed by atoms with E-state index in [1.54, 1.807) is 6.26 Å². The van der Waals surface area contributed by atoms with Crippen LogP contribution in [0.1, 0.15) is 25.2 Å². The van der Waals surface area contributed by atoms with Gasteiger partial charge in [-0.1, -0.05) is 32.0 Å². The molecule has 1 aromatic carbocycles. The average Bonchev–Trinajstić information content (AvgIpc) is 3.07. The van der Waals surface area contributed by atoms with E-state index < -0.39 is 0 Å². The molecule has 0 aliphatic heterocycles. The Labute approximate surface area is 124 Å². The molecule has 110 valence electrons. The Balaban J connectivity index is 1.75. The van der Waals surface area contributed by atoms with E-state index in [-0.39, 0.29) is 0 Å². The second-order valence-electron chi connectivity index (χ2n) is 5.75. The number of hydrogen-bond acceptors (Lipinski definition) is 3. The van der Waals surface area contributed by atoms with Gasteiger partial charge in [-0.05, 0) is 24.6 Å². The number of furan rings is 1. The molecular formula is C17H21N3O. The van der Waals surface area contributed by atoms with Crippen LogP contribution < -0.4 is 5.32 Å². The van der Waals surface area contributed by atoms with E-state index >= 15 is 0 Å². The smallest absolute Gasteiger partial charge is 0.129 e. The van der Waals surface area contributed by atoms with E-state index in [2.05, 4.69) is 36.4 Å². The summed E-state index contributed by atoms with van der Waals surface area (Å²) in [4.78, 5) is 0. The molecule has 0 unspecified atom stereocenters. The first-order valence-electron chi connectivity index (χ1n) is 7.40. The van der Waals surface area contributed by atoms with Crippen LogP contribution in [0.3, 0.4) is 0 Å². The van der Waals surface area contributed by atoms with Crippen molar-refractivity contribution in [3.63, 3.8) is 0 Å². The molecule has 0 spiro atoms. The van der Waals surface area contributed by atoms with Crippen LogP contribution in [0, 0.1) is 5.92 Å². The normalized spacial score (nSPS) is 11.6. The maximum Gasteiger partial charge on any atom is 0.129 e. The maximum absolute atomic E-state index is 5.64. The number of aromatic nitrogens is 2. The first-order chi connectivity index (χ1) is 10.2. The Kier molecular flexibility index (Phi) is 4.06. The Morgan fingerprint density at radius 2 is 2.10 bits per heavy atom. The molecule has 4 heteroatoms. The van der Waals surface area contributed by atoms with Crippen LogP contribution in [0.5, 0.6) is 0 Å². The summed E-state index contributed by atoms with van der Waals surface area (Å²) in [6.07, 6.45) is 3.66. The van der Waals surface area contributed by atoms with E-state index in [0.717, 1.165) is 29.8 Å². The molecule has 0 bridgehead atoms. The lowest BCUT2D eigenvalue weighted by molar-refractivity contribution is 0.473. The molecule has 4 nitrogen and oxygen atoms in total. The molecule has 0 radical (unpaired) electrons. The highest BCUT2D eigenvalue weighted by Crippen LogP contribution is 2.17. The fourth-order valence-corrected chi connectivity index (χ4v) is 2.45. The first-order valence-corrected chi connectivity index (χ1v) is 7.40. The number of nitrogens with zero attached hydrogens (tertiary/aromatic N) is 2. The van der Waals surface area contributed by atoms with Gasteiger partial charge in [0.1, 0.15) is 5.76 Å². The van der Waals surface area contributed by atoms with Gasteiger partial charge in [-0.15, -0.1) is 0 Å². The highest BCUT2D eigenvalue weighted by atomic mass is 16.3. The molecule has 0 amide bonds. The highest BCUT2D eigenvalue weighted by molar-refractivity contribution is 5.78. The van der Waals surface area contributed by atoms with Gasteiger partial charge in [0.2, 0.25) is 0 Å². The topological polar surface area (TPSA) is 43.0 Å². The summed E-state index contributed by atoms with van der Waals surface area (Å²) in [6.45, 7) is 6.93. The molecule has 0 aliphatic carbocycles. The predicted molar refractivity (Wildman–Crippen MR) is 84.1 cm³/mol. The van der Waals surface area contributed by atoms with Crippen molar-refractivity contribution in [2.75, 3.05) is 6.54 Å². The minimum atomic E-state index is 0.649. The van der Waals surface area contributed by atoms with Crippen LogP contribution in [0.15, 0.2) is 47.2 Å². The second kappa shape index (κ2) is 6.14. The molecular weight excluding hydrogens is 262 g/mol. The van der Waals surface area contributed by atoms with Gasteiger partial charge in [-0.25, -0.2) is 0 Å². The molecule has 1 N–H and O–H groups in total. The molecule has 0 saturated carbocycles. The van der Waals surface area contributed by atoms with Crippen molar-refractivity contribution in [1.29, 1.82) is 0 Å². The van der Waals surface area contributed by atoms with E-state index in [9.17, 15) is 0 Å². The second-order valence-corrected chi connectivity index (χ2v) is 5.75. The molecule has 3 rings (SSSR count). The molecule has 0 fully saturated rings. The van der Waals surface area contributed by atoms with E-state index in [1.165, 1.54) is 5.56 Å². The summed E-state index contributed by atoms with van der Waals surface area (Å²) in [7, 11) is 0. The van der Waals surface area contributed by atoms with Crippen molar-refractivity contribution >= 4 is 10.9 Å². The molecule has 2 heterocycles. The lowest BCUT2D eigenvalue weighted by Crippen LogP contribution is -2.19. The molecule has 21 heavy (non-hydrogen) atoms. The fraction of sp³-hybridized carbons (Fsp3) is 0.353. The van der Waals surface area contributed by atoms with Crippen molar-refractivity contribution in [2.24, 2.45) is 5.92 Å². The summed E-state index contributed by atoms with van der Waals surface area (Å²) >= 11 is 0. The minimum Gasteiger partial charge on any atom is -0.467 e. The molecule has 2 aromatic heterocycles. The van der Waals surface area contributed by atoms with E-state index in [4.69, 9.17) is 4.42 Å². The van der Waals surface area contributed by atoms with Gasteiger partial charge in [-0.3, -0.25) is 4.68 Å². The lowest BCUT2D eigenvalue weighted by Gasteiger charge is -2.08. The van der Waals surface area contributed by atoms with Crippen LogP contribution in [0.4, 0.5) is 0 Å². The number of para-hydroxylation sites is 1. The van der Waals surface area contributed by atoms with E-state index in [0.29, 0.717) is 12.5 Å². The van der Waals surface area contributed by atoms with Gasteiger partial charge in [-0.2, -0.15) is 5.10 Å². The van der Waals surface area contributed by atoms with Crippen molar-refractivity contribution in [3.05, 3.63) is 54.1 Å². The quantitative estimate of drug-likeness (QED) is 0.753. The molecule has 0 atom stereocenters. The number of fused-ring (bicyclic) bond motifs is 1.